The number of nitrogens with zero attached hydrogens (tertiary/aromatic N) is 1. The lowest BCUT2D eigenvalue weighted by Crippen LogP contribution is -2.41. The number of anilines is 2. The molecule has 0 saturated heterocycles. The molecule has 17 heavy (non-hydrogen) atoms. The van der Waals surface area contributed by atoms with Crippen molar-refractivity contribution in [3.05, 3.63) is 20.4 Å². The second-order valence-corrected chi connectivity index (χ2v) is 4.38. The van der Waals surface area contributed by atoms with Crippen molar-refractivity contribution >= 4 is 11.4 Å². The van der Waals surface area contributed by atoms with Crippen molar-refractivity contribution in [3.63, 3.8) is 0 Å². The minimum atomic E-state index is -0.365. The minimum Gasteiger partial charge on any atom is -0.380 e. The molecular weight excluding hydrogens is 216 g/mol. The molecule has 1 rings (SSSR count). The fraction of sp³-hybridized carbons (Fsp3) is 0.692. The summed E-state index contributed by atoms with van der Waals surface area (Å²) < 4.78 is 0. The van der Waals surface area contributed by atoms with Crippen LogP contribution in [0, 0.1) is 0 Å². The Morgan fingerprint density at radius 1 is 1.06 bits per heavy atom. The van der Waals surface area contributed by atoms with Crippen LogP contribution in [0.4, 0.5) is 11.4 Å². The molecule has 0 radical (unpaired) electrons. The zero-order valence-corrected chi connectivity index (χ0v) is 11.0. The summed E-state index contributed by atoms with van der Waals surface area (Å²) in [5, 5.41) is 3.09. The molecule has 0 aliphatic rings. The number of rotatable bonds is 8. The molecule has 0 unspecified atom stereocenters. The third-order valence-electron chi connectivity index (χ3n) is 3.07. The molecule has 0 aliphatic heterocycles. The van der Waals surface area contributed by atoms with Gasteiger partial charge in [0.05, 0.1) is 0 Å². The summed E-state index contributed by atoms with van der Waals surface area (Å²) in [5.41, 5.74) is 0.338. The van der Waals surface area contributed by atoms with Crippen LogP contribution in [0.25, 0.3) is 0 Å². The molecule has 0 atom stereocenters. The second kappa shape index (κ2) is 6.42. The molecule has 1 aromatic rings. The van der Waals surface area contributed by atoms with Gasteiger partial charge in [0.25, 0.3) is 10.9 Å². The largest absolute Gasteiger partial charge is 0.380 e. The van der Waals surface area contributed by atoms with E-state index in [1.165, 1.54) is 12.8 Å². The van der Waals surface area contributed by atoms with Crippen molar-refractivity contribution in [2.75, 3.05) is 30.4 Å². The Bertz CT molecular complexity index is 419. The summed E-state index contributed by atoms with van der Waals surface area (Å²) in [6.07, 6.45) is 4.62. The molecule has 0 saturated carbocycles. The second-order valence-electron chi connectivity index (χ2n) is 4.38. The van der Waals surface area contributed by atoms with Crippen LogP contribution in [0.3, 0.4) is 0 Å². The third-order valence-corrected chi connectivity index (χ3v) is 3.07. The maximum Gasteiger partial charge on any atom is 0.253 e. The van der Waals surface area contributed by atoms with E-state index < -0.39 is 0 Å². The highest BCUT2D eigenvalue weighted by atomic mass is 16.2. The number of hydrogen-bond acceptors (Lipinski definition) is 4. The fourth-order valence-electron chi connectivity index (χ4n) is 1.83. The molecule has 4 nitrogen and oxygen atoms in total. The average Bonchev–Trinajstić information content (AvgIpc) is 2.35. The zero-order chi connectivity index (χ0) is 12.8. The molecule has 0 spiro atoms. The van der Waals surface area contributed by atoms with Crippen molar-refractivity contribution in [3.8, 4) is 0 Å². The molecule has 96 valence electrons. The summed E-state index contributed by atoms with van der Waals surface area (Å²) in [4.78, 5) is 24.7. The molecule has 0 bridgehead atoms. The van der Waals surface area contributed by atoms with Gasteiger partial charge in [0, 0.05) is 20.1 Å². The summed E-state index contributed by atoms with van der Waals surface area (Å²) in [6.45, 7) is 5.63. The predicted octanol–water partition coefficient (Wildman–Crippen LogP) is 1.73. The van der Waals surface area contributed by atoms with Crippen molar-refractivity contribution in [1.82, 2.24) is 0 Å². The van der Waals surface area contributed by atoms with Gasteiger partial charge in [-0.2, -0.15) is 0 Å². The maximum absolute atomic E-state index is 11.4. The Morgan fingerprint density at radius 3 is 2.35 bits per heavy atom. The van der Waals surface area contributed by atoms with E-state index in [1.54, 1.807) is 0 Å². The molecule has 0 heterocycles. The highest BCUT2D eigenvalue weighted by molar-refractivity contribution is 5.74. The van der Waals surface area contributed by atoms with Gasteiger partial charge in [-0.05, 0) is 13.3 Å². The van der Waals surface area contributed by atoms with E-state index in [-0.39, 0.29) is 10.9 Å². The number of unbranched alkanes of at least 4 members (excludes halogenated alkanes) is 3. The lowest BCUT2D eigenvalue weighted by Gasteiger charge is -2.21. The predicted molar refractivity (Wildman–Crippen MR) is 72.9 cm³/mol. The van der Waals surface area contributed by atoms with Crippen molar-refractivity contribution in [2.24, 2.45) is 0 Å². The van der Waals surface area contributed by atoms with Crippen molar-refractivity contribution in [1.29, 1.82) is 0 Å². The summed E-state index contributed by atoms with van der Waals surface area (Å²) in [5.74, 6) is 0. The molecule has 0 aliphatic carbocycles. The van der Waals surface area contributed by atoms with E-state index in [9.17, 15) is 9.59 Å². The van der Waals surface area contributed by atoms with E-state index in [2.05, 4.69) is 12.2 Å². The van der Waals surface area contributed by atoms with Crippen LogP contribution in [-0.2, 0) is 0 Å². The van der Waals surface area contributed by atoms with Gasteiger partial charge >= 0.3 is 0 Å². The Hall–Kier alpha value is -1.32. The van der Waals surface area contributed by atoms with Crippen LogP contribution < -0.4 is 21.1 Å². The molecule has 0 fully saturated rings. The summed E-state index contributed by atoms with van der Waals surface area (Å²) in [7, 11) is 1.83. The Kier molecular flexibility index (Phi) is 5.19. The molecule has 4 heteroatoms. The number of hydrogen-bond donors (Lipinski definition) is 1. The van der Waals surface area contributed by atoms with E-state index >= 15 is 0 Å². The van der Waals surface area contributed by atoms with Crippen LogP contribution in [0.5, 0.6) is 0 Å². The molecule has 0 aromatic heterocycles. The monoisotopic (exact) mass is 238 g/mol. The van der Waals surface area contributed by atoms with Gasteiger partial charge in [-0.1, -0.05) is 26.2 Å². The van der Waals surface area contributed by atoms with Crippen molar-refractivity contribution in [2.45, 2.75) is 39.5 Å². The van der Waals surface area contributed by atoms with E-state index in [4.69, 9.17) is 0 Å². The Morgan fingerprint density at radius 2 is 1.76 bits per heavy atom. The average molecular weight is 238 g/mol. The Labute approximate surface area is 102 Å². The topological polar surface area (TPSA) is 49.4 Å². The van der Waals surface area contributed by atoms with Gasteiger partial charge in [0.15, 0.2) is 0 Å². The quantitative estimate of drug-likeness (QED) is 0.553. The van der Waals surface area contributed by atoms with Gasteiger partial charge in [-0.15, -0.1) is 0 Å². The molecular formula is C13H22N2O2. The first-order valence-electron chi connectivity index (χ1n) is 6.41. The van der Waals surface area contributed by atoms with Crippen LogP contribution in [-0.4, -0.2) is 20.1 Å². The normalized spacial score (nSPS) is 10.8. The Balaban J connectivity index is 2.51. The first-order chi connectivity index (χ1) is 8.13. The van der Waals surface area contributed by atoms with E-state index in [1.807, 2.05) is 18.9 Å². The van der Waals surface area contributed by atoms with E-state index in [0.717, 1.165) is 25.9 Å². The summed E-state index contributed by atoms with van der Waals surface area (Å²) >= 11 is 0. The van der Waals surface area contributed by atoms with Crippen LogP contribution >= 0.6 is 0 Å². The smallest absolute Gasteiger partial charge is 0.253 e. The SMILES string of the molecule is CCCCCCNc1c(N(C)CC)c(=O)c1=O. The molecule has 0 amide bonds. The zero-order valence-electron chi connectivity index (χ0n) is 11.0. The minimum absolute atomic E-state index is 0.356. The molecule has 1 N–H and O–H groups in total. The summed E-state index contributed by atoms with van der Waals surface area (Å²) in [6, 6.07) is 0. The van der Waals surface area contributed by atoms with Crippen LogP contribution in [0.1, 0.15) is 39.5 Å². The lowest BCUT2D eigenvalue weighted by molar-refractivity contribution is 0.684. The third kappa shape index (κ3) is 3.08. The first-order valence-corrected chi connectivity index (χ1v) is 6.41. The van der Waals surface area contributed by atoms with Crippen LogP contribution in [0.15, 0.2) is 9.59 Å². The highest BCUT2D eigenvalue weighted by Crippen LogP contribution is 2.18. The van der Waals surface area contributed by atoms with Gasteiger partial charge in [-0.25, -0.2) is 0 Å². The number of nitrogens with one attached hydrogen (secondary N) is 1. The molecule has 1 aromatic carbocycles. The highest BCUT2D eigenvalue weighted by Gasteiger charge is 2.22. The van der Waals surface area contributed by atoms with E-state index in [0.29, 0.717) is 11.4 Å². The van der Waals surface area contributed by atoms with Gasteiger partial charge < -0.3 is 10.2 Å². The standard InChI is InChI=1S/C13H22N2O2/c1-4-6-7-8-9-14-10-11(15(3)5-2)13(17)12(10)16/h14H,4-9H2,1-3H3. The lowest BCUT2D eigenvalue weighted by atomic mass is 10.1. The fourth-order valence-corrected chi connectivity index (χ4v) is 1.83. The van der Waals surface area contributed by atoms with Gasteiger partial charge in [0.1, 0.15) is 11.4 Å². The maximum atomic E-state index is 11.4. The van der Waals surface area contributed by atoms with Gasteiger partial charge in [-0.3, -0.25) is 9.59 Å². The van der Waals surface area contributed by atoms with Crippen LogP contribution in [0.2, 0.25) is 0 Å². The van der Waals surface area contributed by atoms with Crippen molar-refractivity contribution < 1.29 is 0 Å². The first kappa shape index (κ1) is 13.7. The van der Waals surface area contributed by atoms with Gasteiger partial charge in [0.2, 0.25) is 0 Å².